The van der Waals surface area contributed by atoms with Gasteiger partial charge in [0, 0.05) is 18.5 Å². The van der Waals surface area contributed by atoms with E-state index in [4.69, 9.17) is 0 Å². The second-order valence-corrected chi connectivity index (χ2v) is 5.86. The fourth-order valence-corrected chi connectivity index (χ4v) is 2.42. The number of rotatable bonds is 5. The lowest BCUT2D eigenvalue weighted by Crippen LogP contribution is -2.46. The third-order valence-electron chi connectivity index (χ3n) is 3.74. The molecule has 0 aromatic carbocycles. The van der Waals surface area contributed by atoms with E-state index in [1.165, 1.54) is 12.8 Å². The average Bonchev–Trinajstić information content (AvgIpc) is 2.29. The van der Waals surface area contributed by atoms with E-state index < -0.39 is 0 Å². The lowest BCUT2D eigenvalue weighted by Gasteiger charge is -2.35. The second-order valence-electron chi connectivity index (χ2n) is 5.86. The van der Waals surface area contributed by atoms with E-state index in [1.807, 2.05) is 4.90 Å². The molecule has 100 valence electrons. The van der Waals surface area contributed by atoms with Crippen LogP contribution in [0.3, 0.4) is 0 Å². The summed E-state index contributed by atoms with van der Waals surface area (Å²) in [7, 11) is 0. The fraction of sp³-hybridized carbons (Fsp3) is 0.929. The van der Waals surface area contributed by atoms with Crippen molar-refractivity contribution in [1.29, 1.82) is 0 Å². The highest BCUT2D eigenvalue weighted by atomic mass is 16.3. The molecule has 0 aliphatic carbocycles. The van der Waals surface area contributed by atoms with Crippen LogP contribution < -0.4 is 0 Å². The number of hydrogen-bond donors (Lipinski definition) is 1. The molecule has 0 spiro atoms. The Kier molecular flexibility index (Phi) is 5.44. The Morgan fingerprint density at radius 3 is 2.41 bits per heavy atom. The number of hydrogen-bond acceptors (Lipinski definition) is 2. The van der Waals surface area contributed by atoms with Crippen LogP contribution in [-0.2, 0) is 4.79 Å². The van der Waals surface area contributed by atoms with Crippen LogP contribution in [0.15, 0.2) is 0 Å². The van der Waals surface area contributed by atoms with E-state index in [-0.39, 0.29) is 17.4 Å². The van der Waals surface area contributed by atoms with Gasteiger partial charge < -0.3 is 10.0 Å². The Morgan fingerprint density at radius 2 is 1.88 bits per heavy atom. The molecule has 17 heavy (non-hydrogen) atoms. The Morgan fingerprint density at radius 1 is 1.29 bits per heavy atom. The molecule has 0 bridgehead atoms. The van der Waals surface area contributed by atoms with Gasteiger partial charge in [0.2, 0.25) is 5.91 Å². The minimum Gasteiger partial charge on any atom is -0.393 e. The van der Waals surface area contributed by atoms with Crippen molar-refractivity contribution in [2.75, 3.05) is 13.1 Å². The summed E-state index contributed by atoms with van der Waals surface area (Å²) < 4.78 is 0. The summed E-state index contributed by atoms with van der Waals surface area (Å²) in [4.78, 5) is 14.3. The van der Waals surface area contributed by atoms with Gasteiger partial charge in [-0.1, -0.05) is 40.0 Å². The first-order chi connectivity index (χ1) is 7.97. The van der Waals surface area contributed by atoms with Crippen LogP contribution in [-0.4, -0.2) is 35.1 Å². The maximum atomic E-state index is 12.4. The minimum atomic E-state index is -0.239. The highest BCUT2D eigenvalue weighted by molar-refractivity contribution is 5.82. The minimum absolute atomic E-state index is 0.206. The van der Waals surface area contributed by atoms with Gasteiger partial charge in [-0.05, 0) is 19.3 Å². The summed E-state index contributed by atoms with van der Waals surface area (Å²) in [5, 5.41) is 9.45. The Balaban J connectivity index is 2.44. The maximum Gasteiger partial charge on any atom is 0.228 e. The van der Waals surface area contributed by atoms with Gasteiger partial charge in [-0.2, -0.15) is 0 Å². The SMILES string of the molecule is CCCCCC(C)(C)C(=O)N1CCC(O)CC1. The van der Waals surface area contributed by atoms with Gasteiger partial charge >= 0.3 is 0 Å². The van der Waals surface area contributed by atoms with Crippen molar-refractivity contribution in [3.05, 3.63) is 0 Å². The lowest BCUT2D eigenvalue weighted by atomic mass is 9.84. The van der Waals surface area contributed by atoms with Crippen molar-refractivity contribution in [3.8, 4) is 0 Å². The molecule has 0 unspecified atom stereocenters. The van der Waals surface area contributed by atoms with E-state index in [9.17, 15) is 9.90 Å². The molecule has 1 heterocycles. The first kappa shape index (κ1) is 14.5. The smallest absolute Gasteiger partial charge is 0.228 e. The zero-order valence-corrected chi connectivity index (χ0v) is 11.5. The molecule has 3 heteroatoms. The maximum absolute atomic E-state index is 12.4. The number of likely N-dealkylation sites (tertiary alicyclic amines) is 1. The van der Waals surface area contributed by atoms with Gasteiger partial charge in [0.25, 0.3) is 0 Å². The highest BCUT2D eigenvalue weighted by Gasteiger charge is 2.33. The summed E-state index contributed by atoms with van der Waals surface area (Å²) in [5.74, 6) is 0.264. The molecule has 1 aliphatic rings. The topological polar surface area (TPSA) is 40.5 Å². The summed E-state index contributed by atoms with van der Waals surface area (Å²) >= 11 is 0. The molecule has 1 aliphatic heterocycles. The van der Waals surface area contributed by atoms with Gasteiger partial charge in [-0.3, -0.25) is 4.79 Å². The van der Waals surface area contributed by atoms with Crippen molar-refractivity contribution in [1.82, 2.24) is 4.90 Å². The normalized spacial score (nSPS) is 18.5. The predicted molar refractivity (Wildman–Crippen MR) is 69.7 cm³/mol. The number of aliphatic hydroxyl groups is 1. The molecule has 0 radical (unpaired) electrons. The van der Waals surface area contributed by atoms with Gasteiger partial charge in [-0.15, -0.1) is 0 Å². The highest BCUT2D eigenvalue weighted by Crippen LogP contribution is 2.28. The van der Waals surface area contributed by atoms with Crippen LogP contribution in [0.1, 0.15) is 59.3 Å². The number of piperidine rings is 1. The molecule has 1 amide bonds. The quantitative estimate of drug-likeness (QED) is 0.752. The van der Waals surface area contributed by atoms with Crippen LogP contribution in [0.4, 0.5) is 0 Å². The van der Waals surface area contributed by atoms with E-state index in [2.05, 4.69) is 20.8 Å². The Bertz CT molecular complexity index is 243. The molecule has 0 aromatic rings. The molecule has 1 N–H and O–H groups in total. The van der Waals surface area contributed by atoms with Crippen molar-refractivity contribution in [3.63, 3.8) is 0 Å². The first-order valence-electron chi connectivity index (χ1n) is 6.95. The molecule has 0 aromatic heterocycles. The number of unbranched alkanes of at least 4 members (excludes halogenated alkanes) is 2. The largest absolute Gasteiger partial charge is 0.393 e. The molecule has 1 fully saturated rings. The molecular formula is C14H27NO2. The van der Waals surface area contributed by atoms with Gasteiger partial charge in [0.15, 0.2) is 0 Å². The van der Waals surface area contributed by atoms with Gasteiger partial charge in [0.05, 0.1) is 6.10 Å². The van der Waals surface area contributed by atoms with Crippen molar-refractivity contribution < 1.29 is 9.90 Å². The number of aliphatic hydroxyl groups excluding tert-OH is 1. The van der Waals surface area contributed by atoms with Crippen molar-refractivity contribution in [2.24, 2.45) is 5.41 Å². The molecule has 0 saturated carbocycles. The summed E-state index contributed by atoms with van der Waals surface area (Å²) in [6.07, 6.45) is 5.76. The summed E-state index contributed by atoms with van der Waals surface area (Å²) in [5.41, 5.74) is -0.239. The zero-order valence-electron chi connectivity index (χ0n) is 11.5. The average molecular weight is 241 g/mol. The number of amides is 1. The van der Waals surface area contributed by atoms with Gasteiger partial charge in [0.1, 0.15) is 0 Å². The summed E-state index contributed by atoms with van der Waals surface area (Å²) in [6.45, 7) is 7.72. The van der Waals surface area contributed by atoms with Crippen LogP contribution in [0.25, 0.3) is 0 Å². The predicted octanol–water partition coefficient (Wildman–Crippen LogP) is 2.58. The van der Waals surface area contributed by atoms with Crippen LogP contribution >= 0.6 is 0 Å². The standard InChI is InChI=1S/C14H27NO2/c1-4-5-6-9-14(2,3)13(17)15-10-7-12(16)8-11-15/h12,16H,4-11H2,1-3H3. The first-order valence-corrected chi connectivity index (χ1v) is 6.95. The number of carbonyl (C=O) groups is 1. The Hall–Kier alpha value is -0.570. The van der Waals surface area contributed by atoms with Crippen molar-refractivity contribution in [2.45, 2.75) is 65.4 Å². The van der Waals surface area contributed by atoms with Crippen LogP contribution in [0.5, 0.6) is 0 Å². The van der Waals surface area contributed by atoms with E-state index >= 15 is 0 Å². The number of nitrogens with zero attached hydrogens (tertiary/aromatic N) is 1. The van der Waals surface area contributed by atoms with Crippen molar-refractivity contribution >= 4 is 5.91 Å². The Labute approximate surface area is 105 Å². The molecule has 0 atom stereocenters. The van der Waals surface area contributed by atoms with Gasteiger partial charge in [-0.25, -0.2) is 0 Å². The van der Waals surface area contributed by atoms with Crippen LogP contribution in [0.2, 0.25) is 0 Å². The molecule has 1 rings (SSSR count). The lowest BCUT2D eigenvalue weighted by molar-refractivity contribution is -0.142. The number of carbonyl (C=O) groups excluding carboxylic acids is 1. The fourth-order valence-electron chi connectivity index (χ4n) is 2.42. The summed E-state index contributed by atoms with van der Waals surface area (Å²) in [6, 6.07) is 0. The van der Waals surface area contributed by atoms with E-state index in [1.54, 1.807) is 0 Å². The third kappa shape index (κ3) is 4.30. The van der Waals surface area contributed by atoms with E-state index in [0.717, 1.165) is 38.8 Å². The molecule has 1 saturated heterocycles. The zero-order chi connectivity index (χ0) is 12.9. The van der Waals surface area contributed by atoms with Crippen LogP contribution in [0, 0.1) is 5.41 Å². The molecule has 3 nitrogen and oxygen atoms in total. The monoisotopic (exact) mass is 241 g/mol. The second kappa shape index (κ2) is 6.39. The van der Waals surface area contributed by atoms with E-state index in [0.29, 0.717) is 0 Å². The third-order valence-corrected chi connectivity index (χ3v) is 3.74. The molecular weight excluding hydrogens is 214 g/mol.